The molecule has 1 amide bonds. The molecule has 1 saturated heterocycles. The molecule has 0 radical (unpaired) electrons. The Bertz CT molecular complexity index is 653. The molecule has 0 atom stereocenters. The van der Waals surface area contributed by atoms with Gasteiger partial charge in [0.2, 0.25) is 0 Å². The standard InChI is InChI=1S/C15H21N5O2.2ClH/c1-22-10-15(4-6-16-7-5-15)9-17-14(21)12-2-3-13-19-18-11-20(13)8-12;;/h2-3,8,11,16H,4-7,9-10H2,1H3,(H,17,21);2*1H. The molecule has 9 heteroatoms. The van der Waals surface area contributed by atoms with Crippen molar-refractivity contribution in [2.75, 3.05) is 33.4 Å². The molecule has 134 valence electrons. The number of fused-ring (bicyclic) bond motifs is 1. The van der Waals surface area contributed by atoms with E-state index in [-0.39, 0.29) is 36.1 Å². The van der Waals surface area contributed by atoms with Crippen LogP contribution in [0.1, 0.15) is 23.2 Å². The minimum Gasteiger partial charge on any atom is -0.384 e. The van der Waals surface area contributed by atoms with E-state index in [0.29, 0.717) is 18.7 Å². The van der Waals surface area contributed by atoms with Gasteiger partial charge in [0.15, 0.2) is 5.65 Å². The van der Waals surface area contributed by atoms with Gasteiger partial charge in [-0.2, -0.15) is 0 Å². The van der Waals surface area contributed by atoms with Crippen LogP contribution in [-0.2, 0) is 4.74 Å². The van der Waals surface area contributed by atoms with E-state index in [1.165, 1.54) is 0 Å². The average molecular weight is 376 g/mol. The highest BCUT2D eigenvalue weighted by atomic mass is 35.5. The number of ether oxygens (including phenoxy) is 1. The Balaban J connectivity index is 0.00000144. The Kier molecular flexibility index (Phi) is 7.89. The summed E-state index contributed by atoms with van der Waals surface area (Å²) >= 11 is 0. The number of hydrogen-bond acceptors (Lipinski definition) is 5. The number of piperidine rings is 1. The number of hydrogen-bond donors (Lipinski definition) is 2. The fourth-order valence-corrected chi connectivity index (χ4v) is 2.97. The molecule has 0 bridgehead atoms. The summed E-state index contributed by atoms with van der Waals surface area (Å²) in [5, 5.41) is 14.1. The molecule has 3 heterocycles. The van der Waals surface area contributed by atoms with Gasteiger partial charge in [0.1, 0.15) is 6.33 Å². The molecule has 3 rings (SSSR count). The quantitative estimate of drug-likeness (QED) is 0.823. The van der Waals surface area contributed by atoms with Crippen LogP contribution in [0.2, 0.25) is 0 Å². The van der Waals surface area contributed by atoms with E-state index in [4.69, 9.17) is 4.74 Å². The van der Waals surface area contributed by atoms with Gasteiger partial charge in [-0.05, 0) is 38.1 Å². The first-order valence-electron chi connectivity index (χ1n) is 7.50. The lowest BCUT2D eigenvalue weighted by atomic mass is 9.79. The average Bonchev–Trinajstić information content (AvgIpc) is 3.01. The van der Waals surface area contributed by atoms with Crippen LogP contribution in [0, 0.1) is 5.41 Å². The van der Waals surface area contributed by atoms with Crippen molar-refractivity contribution >= 4 is 36.4 Å². The Hall–Kier alpha value is -1.41. The summed E-state index contributed by atoms with van der Waals surface area (Å²) in [6, 6.07) is 3.56. The maximum atomic E-state index is 12.4. The first-order valence-corrected chi connectivity index (χ1v) is 7.50. The van der Waals surface area contributed by atoms with Crippen LogP contribution in [-0.4, -0.2) is 53.9 Å². The van der Waals surface area contributed by atoms with Gasteiger partial charge >= 0.3 is 0 Å². The Morgan fingerprint density at radius 2 is 2.12 bits per heavy atom. The maximum Gasteiger partial charge on any atom is 0.252 e. The van der Waals surface area contributed by atoms with Crippen molar-refractivity contribution < 1.29 is 9.53 Å². The predicted molar refractivity (Wildman–Crippen MR) is 96.2 cm³/mol. The van der Waals surface area contributed by atoms with Crippen LogP contribution in [0.4, 0.5) is 0 Å². The zero-order valence-electron chi connectivity index (χ0n) is 13.5. The van der Waals surface area contributed by atoms with Crippen molar-refractivity contribution in [1.82, 2.24) is 25.2 Å². The third-order valence-corrected chi connectivity index (χ3v) is 4.29. The lowest BCUT2D eigenvalue weighted by molar-refractivity contribution is 0.0511. The molecular weight excluding hydrogens is 353 g/mol. The summed E-state index contributed by atoms with van der Waals surface area (Å²) in [6.45, 7) is 3.22. The monoisotopic (exact) mass is 375 g/mol. The number of halogens is 2. The molecule has 2 aromatic heterocycles. The molecule has 0 saturated carbocycles. The first kappa shape index (κ1) is 20.6. The highest BCUT2D eigenvalue weighted by molar-refractivity contribution is 5.94. The second-order valence-electron chi connectivity index (χ2n) is 5.88. The predicted octanol–water partition coefficient (Wildman–Crippen LogP) is 1.32. The first-order chi connectivity index (χ1) is 10.7. The number of carbonyl (C=O) groups excluding carboxylic acids is 1. The second kappa shape index (κ2) is 9.17. The normalized spacial score (nSPS) is 16.0. The number of rotatable bonds is 5. The van der Waals surface area contributed by atoms with Crippen LogP contribution >= 0.6 is 24.8 Å². The van der Waals surface area contributed by atoms with Crippen molar-refractivity contribution in [3.05, 3.63) is 30.2 Å². The van der Waals surface area contributed by atoms with E-state index in [2.05, 4.69) is 20.8 Å². The molecule has 0 aliphatic carbocycles. The van der Waals surface area contributed by atoms with Crippen molar-refractivity contribution in [2.45, 2.75) is 12.8 Å². The molecule has 2 aromatic rings. The summed E-state index contributed by atoms with van der Waals surface area (Å²) in [4.78, 5) is 12.4. The molecule has 0 aromatic carbocycles. The number of amides is 1. The smallest absolute Gasteiger partial charge is 0.252 e. The van der Waals surface area contributed by atoms with E-state index in [0.717, 1.165) is 31.6 Å². The van der Waals surface area contributed by atoms with Crippen LogP contribution in [0.25, 0.3) is 5.65 Å². The topological polar surface area (TPSA) is 80.5 Å². The Labute approximate surface area is 153 Å². The van der Waals surface area contributed by atoms with Crippen molar-refractivity contribution in [2.24, 2.45) is 5.41 Å². The third kappa shape index (κ3) is 4.57. The molecule has 7 nitrogen and oxygen atoms in total. The SMILES string of the molecule is COCC1(CNC(=O)c2ccc3nncn3c2)CCNCC1.Cl.Cl. The van der Waals surface area contributed by atoms with Gasteiger partial charge in [0.05, 0.1) is 12.2 Å². The molecule has 1 aliphatic heterocycles. The molecule has 24 heavy (non-hydrogen) atoms. The Morgan fingerprint density at radius 1 is 1.38 bits per heavy atom. The maximum absolute atomic E-state index is 12.4. The number of nitrogens with zero attached hydrogens (tertiary/aromatic N) is 3. The van der Waals surface area contributed by atoms with Crippen LogP contribution in [0.3, 0.4) is 0 Å². The summed E-state index contributed by atoms with van der Waals surface area (Å²) in [7, 11) is 1.71. The van der Waals surface area contributed by atoms with E-state index >= 15 is 0 Å². The van der Waals surface area contributed by atoms with Gasteiger partial charge in [0, 0.05) is 25.3 Å². The number of pyridine rings is 1. The molecule has 1 aliphatic rings. The van der Waals surface area contributed by atoms with Crippen molar-refractivity contribution in [3.63, 3.8) is 0 Å². The number of methoxy groups -OCH3 is 1. The lowest BCUT2D eigenvalue weighted by Gasteiger charge is -2.37. The van der Waals surface area contributed by atoms with Crippen LogP contribution in [0.5, 0.6) is 0 Å². The summed E-state index contributed by atoms with van der Waals surface area (Å²) in [5.74, 6) is -0.0791. The second-order valence-corrected chi connectivity index (χ2v) is 5.88. The zero-order chi connectivity index (χ0) is 15.4. The van der Waals surface area contributed by atoms with Gasteiger partial charge in [-0.25, -0.2) is 0 Å². The molecule has 1 fully saturated rings. The van der Waals surface area contributed by atoms with Gasteiger partial charge in [-0.3, -0.25) is 9.20 Å². The highest BCUT2D eigenvalue weighted by Crippen LogP contribution is 2.28. The van der Waals surface area contributed by atoms with E-state index in [9.17, 15) is 4.79 Å². The van der Waals surface area contributed by atoms with Gasteiger partial charge in [-0.15, -0.1) is 35.0 Å². The number of carbonyl (C=O) groups is 1. The molecule has 2 N–H and O–H groups in total. The molecule has 0 spiro atoms. The summed E-state index contributed by atoms with van der Waals surface area (Å²) in [6.07, 6.45) is 5.35. The van der Waals surface area contributed by atoms with Gasteiger partial charge in [-0.1, -0.05) is 0 Å². The fourth-order valence-electron chi connectivity index (χ4n) is 2.97. The highest BCUT2D eigenvalue weighted by Gasteiger charge is 2.32. The van der Waals surface area contributed by atoms with E-state index in [1.807, 2.05) is 0 Å². The summed E-state index contributed by atoms with van der Waals surface area (Å²) < 4.78 is 7.11. The number of aromatic nitrogens is 3. The Morgan fingerprint density at radius 3 is 2.83 bits per heavy atom. The molecular formula is C15H23Cl2N5O2. The van der Waals surface area contributed by atoms with E-state index in [1.54, 1.807) is 36.2 Å². The van der Waals surface area contributed by atoms with Crippen LogP contribution < -0.4 is 10.6 Å². The molecule has 0 unspecified atom stereocenters. The lowest BCUT2D eigenvalue weighted by Crippen LogP contribution is -2.47. The summed E-state index contributed by atoms with van der Waals surface area (Å²) in [5.41, 5.74) is 1.36. The minimum absolute atomic E-state index is 0. The fraction of sp³-hybridized carbons (Fsp3) is 0.533. The van der Waals surface area contributed by atoms with Crippen molar-refractivity contribution in [1.29, 1.82) is 0 Å². The largest absolute Gasteiger partial charge is 0.384 e. The van der Waals surface area contributed by atoms with Gasteiger partial charge in [0.25, 0.3) is 5.91 Å². The van der Waals surface area contributed by atoms with Gasteiger partial charge < -0.3 is 15.4 Å². The van der Waals surface area contributed by atoms with E-state index < -0.39 is 0 Å². The zero-order valence-corrected chi connectivity index (χ0v) is 15.2. The third-order valence-electron chi connectivity index (χ3n) is 4.29. The van der Waals surface area contributed by atoms with Crippen LogP contribution in [0.15, 0.2) is 24.7 Å². The number of nitrogens with one attached hydrogen (secondary N) is 2. The minimum atomic E-state index is -0.0791. The van der Waals surface area contributed by atoms with Crippen molar-refractivity contribution in [3.8, 4) is 0 Å².